The fraction of sp³-hybridized carbons (Fsp3) is 0.440. The number of nitrogens with one attached hydrogen (secondary N) is 1. The molecule has 164 valence electrons. The van der Waals surface area contributed by atoms with E-state index in [1.807, 2.05) is 28.0 Å². The average Bonchev–Trinajstić information content (AvgIpc) is 2.83. The predicted molar refractivity (Wildman–Crippen MR) is 124 cm³/mol. The summed E-state index contributed by atoms with van der Waals surface area (Å²) in [6.07, 6.45) is 2.03. The van der Waals surface area contributed by atoms with Gasteiger partial charge in [-0.05, 0) is 49.1 Å². The zero-order chi connectivity index (χ0) is 21.8. The maximum Gasteiger partial charge on any atom is 0.317 e. The number of hydrogen-bond donors (Lipinski definition) is 1. The van der Waals surface area contributed by atoms with Crippen molar-refractivity contribution < 1.29 is 9.59 Å². The van der Waals surface area contributed by atoms with E-state index < -0.39 is 0 Å². The quantitative estimate of drug-likeness (QED) is 0.827. The number of amides is 3. The molecule has 0 saturated carbocycles. The summed E-state index contributed by atoms with van der Waals surface area (Å²) in [5.74, 6) is 0.377. The second-order valence-corrected chi connectivity index (χ2v) is 8.53. The van der Waals surface area contributed by atoms with Crippen molar-refractivity contribution in [2.75, 3.05) is 51.2 Å². The van der Waals surface area contributed by atoms with E-state index in [0.717, 1.165) is 56.7 Å². The van der Waals surface area contributed by atoms with Crippen molar-refractivity contribution in [1.82, 2.24) is 15.1 Å². The summed E-state index contributed by atoms with van der Waals surface area (Å²) in [6, 6.07) is 16.4. The first-order chi connectivity index (χ1) is 15.1. The van der Waals surface area contributed by atoms with Gasteiger partial charge < -0.3 is 20.0 Å². The third-order valence-corrected chi connectivity index (χ3v) is 6.55. The number of anilines is 1. The van der Waals surface area contributed by atoms with Gasteiger partial charge in [0.1, 0.15) is 0 Å². The minimum absolute atomic E-state index is 0.0246. The van der Waals surface area contributed by atoms with E-state index in [-0.39, 0.29) is 17.9 Å². The van der Waals surface area contributed by atoms with Crippen LogP contribution < -0.4 is 10.2 Å². The van der Waals surface area contributed by atoms with Crippen molar-refractivity contribution in [2.45, 2.75) is 25.7 Å². The third-order valence-electron chi connectivity index (χ3n) is 6.55. The van der Waals surface area contributed by atoms with Crippen LogP contribution in [0.3, 0.4) is 0 Å². The number of rotatable bonds is 3. The predicted octanol–water partition coefficient (Wildman–Crippen LogP) is 3.48. The van der Waals surface area contributed by atoms with Gasteiger partial charge in [0.15, 0.2) is 0 Å². The van der Waals surface area contributed by atoms with Gasteiger partial charge >= 0.3 is 6.03 Å². The fourth-order valence-electron chi connectivity index (χ4n) is 4.77. The Morgan fingerprint density at radius 2 is 1.71 bits per heavy atom. The first-order valence-electron chi connectivity index (χ1n) is 11.2. The number of piperidine rings is 1. The Balaban J connectivity index is 1.41. The number of hydrogen-bond acceptors (Lipinski definition) is 3. The lowest BCUT2D eigenvalue weighted by molar-refractivity contribution is 0.0746. The molecule has 1 unspecified atom stereocenters. The first-order valence-corrected chi connectivity index (χ1v) is 11.2. The summed E-state index contributed by atoms with van der Waals surface area (Å²) in [6.45, 7) is 6.78. The molecule has 2 saturated heterocycles. The van der Waals surface area contributed by atoms with Gasteiger partial charge in [0.05, 0.1) is 0 Å². The Hall–Kier alpha value is -3.02. The number of piperazine rings is 1. The van der Waals surface area contributed by atoms with Gasteiger partial charge in [-0.1, -0.05) is 30.3 Å². The lowest BCUT2D eigenvalue weighted by Crippen LogP contribution is -2.49. The van der Waals surface area contributed by atoms with Crippen LogP contribution in [0.2, 0.25) is 0 Å². The molecule has 4 rings (SSSR count). The van der Waals surface area contributed by atoms with E-state index in [2.05, 4.69) is 47.5 Å². The van der Waals surface area contributed by atoms with Gasteiger partial charge in [0.25, 0.3) is 5.91 Å². The highest BCUT2D eigenvalue weighted by Gasteiger charge is 2.26. The minimum Gasteiger partial charge on any atom is -0.368 e. The summed E-state index contributed by atoms with van der Waals surface area (Å²) >= 11 is 0. The van der Waals surface area contributed by atoms with Crippen molar-refractivity contribution in [1.29, 1.82) is 0 Å². The molecule has 0 aliphatic carbocycles. The van der Waals surface area contributed by atoms with E-state index in [1.165, 1.54) is 11.3 Å². The normalized spacial score (nSPS) is 19.3. The van der Waals surface area contributed by atoms with Crippen LogP contribution in [-0.4, -0.2) is 68.1 Å². The van der Waals surface area contributed by atoms with Crippen molar-refractivity contribution in [2.24, 2.45) is 0 Å². The minimum atomic E-state index is -0.0246. The summed E-state index contributed by atoms with van der Waals surface area (Å²) in [5, 5.41) is 2.72. The lowest BCUT2D eigenvalue weighted by Gasteiger charge is -2.37. The van der Waals surface area contributed by atoms with Crippen LogP contribution in [0.5, 0.6) is 0 Å². The summed E-state index contributed by atoms with van der Waals surface area (Å²) in [7, 11) is 1.67. The largest absolute Gasteiger partial charge is 0.368 e. The number of benzene rings is 2. The molecule has 0 spiro atoms. The number of nitrogens with zero attached hydrogens (tertiary/aromatic N) is 3. The zero-order valence-electron chi connectivity index (χ0n) is 18.5. The standard InChI is InChI=1S/C25H32N4O2/c1-19-7-3-4-11-23(19)27-13-15-28(16-14-27)24(30)21-9-5-8-20(17-21)22-10-6-12-29(18-22)25(31)26-2/h3-5,7-9,11,17,22H,6,10,12-16,18H2,1-2H3,(H,26,31). The Morgan fingerprint density at radius 1 is 0.935 bits per heavy atom. The first kappa shape index (κ1) is 21.2. The molecule has 2 fully saturated rings. The number of likely N-dealkylation sites (tertiary alicyclic amines) is 1. The molecule has 0 radical (unpaired) electrons. The van der Waals surface area contributed by atoms with Crippen LogP contribution >= 0.6 is 0 Å². The Labute approximate surface area is 184 Å². The van der Waals surface area contributed by atoms with E-state index in [1.54, 1.807) is 7.05 Å². The van der Waals surface area contributed by atoms with Crippen LogP contribution in [0, 0.1) is 6.92 Å². The number of aryl methyl sites for hydroxylation is 1. The maximum absolute atomic E-state index is 13.2. The Bertz CT molecular complexity index is 937. The highest BCUT2D eigenvalue weighted by atomic mass is 16.2. The number of carbonyl (C=O) groups is 2. The molecule has 2 heterocycles. The van der Waals surface area contributed by atoms with Gasteiger partial charge in [-0.25, -0.2) is 4.79 Å². The number of carbonyl (C=O) groups excluding carboxylic acids is 2. The monoisotopic (exact) mass is 420 g/mol. The van der Waals surface area contributed by atoms with E-state index >= 15 is 0 Å². The molecule has 2 aromatic rings. The Kier molecular flexibility index (Phi) is 6.44. The molecule has 1 atom stereocenters. The summed E-state index contributed by atoms with van der Waals surface area (Å²) < 4.78 is 0. The highest BCUT2D eigenvalue weighted by Crippen LogP contribution is 2.28. The van der Waals surface area contributed by atoms with Crippen molar-refractivity contribution in [3.63, 3.8) is 0 Å². The molecular weight excluding hydrogens is 388 g/mol. The van der Waals surface area contributed by atoms with Crippen LogP contribution in [-0.2, 0) is 0 Å². The smallest absolute Gasteiger partial charge is 0.317 e. The second kappa shape index (κ2) is 9.41. The van der Waals surface area contributed by atoms with Crippen LogP contribution in [0.25, 0.3) is 0 Å². The van der Waals surface area contributed by atoms with Crippen LogP contribution in [0.1, 0.15) is 40.2 Å². The van der Waals surface area contributed by atoms with E-state index in [9.17, 15) is 9.59 Å². The van der Waals surface area contributed by atoms with Gasteiger partial charge in [-0.15, -0.1) is 0 Å². The molecule has 2 aliphatic rings. The summed E-state index contributed by atoms with van der Waals surface area (Å²) in [4.78, 5) is 31.4. The molecular formula is C25H32N4O2. The Morgan fingerprint density at radius 3 is 2.45 bits per heavy atom. The topological polar surface area (TPSA) is 55.9 Å². The van der Waals surface area contributed by atoms with E-state index in [0.29, 0.717) is 6.54 Å². The van der Waals surface area contributed by atoms with Gasteiger partial charge in [-0.2, -0.15) is 0 Å². The molecule has 2 aliphatic heterocycles. The van der Waals surface area contributed by atoms with Crippen molar-refractivity contribution >= 4 is 17.6 Å². The second-order valence-electron chi connectivity index (χ2n) is 8.53. The summed E-state index contributed by atoms with van der Waals surface area (Å²) in [5.41, 5.74) is 4.43. The van der Waals surface area contributed by atoms with Crippen molar-refractivity contribution in [3.8, 4) is 0 Å². The molecule has 31 heavy (non-hydrogen) atoms. The molecule has 0 aromatic heterocycles. The van der Waals surface area contributed by atoms with Gasteiger partial charge in [-0.3, -0.25) is 4.79 Å². The van der Waals surface area contributed by atoms with E-state index in [4.69, 9.17) is 0 Å². The molecule has 1 N–H and O–H groups in total. The average molecular weight is 421 g/mol. The highest BCUT2D eigenvalue weighted by molar-refractivity contribution is 5.94. The molecule has 0 bridgehead atoms. The van der Waals surface area contributed by atoms with Gasteiger partial charge in [0, 0.05) is 63.5 Å². The third kappa shape index (κ3) is 4.68. The van der Waals surface area contributed by atoms with Gasteiger partial charge in [0.2, 0.25) is 0 Å². The molecule has 6 heteroatoms. The zero-order valence-corrected chi connectivity index (χ0v) is 18.5. The molecule has 6 nitrogen and oxygen atoms in total. The fourth-order valence-corrected chi connectivity index (χ4v) is 4.77. The van der Waals surface area contributed by atoms with Crippen molar-refractivity contribution in [3.05, 3.63) is 65.2 Å². The number of para-hydroxylation sites is 1. The maximum atomic E-state index is 13.2. The van der Waals surface area contributed by atoms with Crippen LogP contribution in [0.15, 0.2) is 48.5 Å². The molecule has 3 amide bonds. The number of urea groups is 1. The van der Waals surface area contributed by atoms with Crippen LogP contribution in [0.4, 0.5) is 10.5 Å². The lowest BCUT2D eigenvalue weighted by atomic mass is 9.89. The molecule has 2 aromatic carbocycles. The SMILES string of the molecule is CNC(=O)N1CCCC(c2cccc(C(=O)N3CCN(c4ccccc4C)CC3)c2)C1.